The Morgan fingerprint density at radius 3 is 1.44 bits per heavy atom. The van der Waals surface area contributed by atoms with Gasteiger partial charge in [-0.05, 0) is 46.3 Å². The maximum Gasteiger partial charge on any atom is 0.185 e. The van der Waals surface area contributed by atoms with Gasteiger partial charge in [0.2, 0.25) is 0 Å². The number of unbranched alkanes of at least 4 members (excludes halogenated alkanes) is 6. The number of nitrogens with zero attached hydrogens (tertiary/aromatic N) is 2. The molecule has 0 saturated heterocycles. The predicted molar refractivity (Wildman–Crippen MR) is 132 cm³/mol. The minimum atomic E-state index is 0.854. The van der Waals surface area contributed by atoms with Crippen LogP contribution in [0, 0.1) is 11.8 Å². The second-order valence-electron chi connectivity index (χ2n) is 7.84. The number of hydrogen-bond donors (Lipinski definition) is 0. The van der Waals surface area contributed by atoms with Gasteiger partial charge in [-0.3, -0.25) is 0 Å². The normalized spacial score (nSPS) is 11.8. The number of rotatable bonds is 18. The van der Waals surface area contributed by atoms with E-state index >= 15 is 0 Å². The average molecular weight is 467 g/mol. The molecule has 0 saturated carbocycles. The van der Waals surface area contributed by atoms with Crippen LogP contribution in [0.25, 0.3) is 0 Å². The molecule has 0 aliphatic carbocycles. The van der Waals surface area contributed by atoms with Gasteiger partial charge in [0.15, 0.2) is 8.68 Å². The first-order chi connectivity index (χ1) is 13.1. The second kappa shape index (κ2) is 17.8. The summed E-state index contributed by atoms with van der Waals surface area (Å²) in [5.74, 6) is 4.15. The summed E-state index contributed by atoms with van der Waals surface area (Å²) in [6.07, 6.45) is 13.7. The van der Waals surface area contributed by atoms with E-state index in [1.807, 2.05) is 21.6 Å². The summed E-state index contributed by atoms with van der Waals surface area (Å²) in [6, 6.07) is 0. The first-order valence-electron chi connectivity index (χ1n) is 10.5. The fourth-order valence-corrected chi connectivity index (χ4v) is 8.45. The van der Waals surface area contributed by atoms with Crippen LogP contribution in [0.5, 0.6) is 0 Å². The molecule has 0 bridgehead atoms. The summed E-state index contributed by atoms with van der Waals surface area (Å²) in [7, 11) is 7.48. The lowest BCUT2D eigenvalue weighted by Crippen LogP contribution is -1.87. The van der Waals surface area contributed by atoms with Crippen LogP contribution in [0.2, 0.25) is 0 Å². The van der Waals surface area contributed by atoms with Gasteiger partial charge in [0.1, 0.15) is 0 Å². The van der Waals surface area contributed by atoms with Gasteiger partial charge < -0.3 is 0 Å². The second-order valence-corrected chi connectivity index (χ2v) is 14.1. The van der Waals surface area contributed by atoms with Crippen LogP contribution in [-0.4, -0.2) is 21.7 Å². The summed E-state index contributed by atoms with van der Waals surface area (Å²) in [5.41, 5.74) is 0. The lowest BCUT2D eigenvalue weighted by atomic mass is 10.0. The van der Waals surface area contributed by atoms with Crippen LogP contribution in [0.3, 0.4) is 0 Å². The van der Waals surface area contributed by atoms with E-state index < -0.39 is 0 Å². The van der Waals surface area contributed by atoms with E-state index in [-0.39, 0.29) is 0 Å². The van der Waals surface area contributed by atoms with E-state index in [1.165, 1.54) is 75.7 Å². The predicted octanol–water partition coefficient (Wildman–Crippen LogP) is 9.23. The van der Waals surface area contributed by atoms with Gasteiger partial charge in [0, 0.05) is 11.5 Å². The third-order valence-electron chi connectivity index (χ3n) is 4.17. The van der Waals surface area contributed by atoms with E-state index in [4.69, 9.17) is 0 Å². The fraction of sp³-hybridized carbons (Fsp3) is 0.900. The van der Waals surface area contributed by atoms with Crippen molar-refractivity contribution >= 4 is 54.5 Å². The molecule has 1 aromatic heterocycles. The summed E-state index contributed by atoms with van der Waals surface area (Å²) in [4.78, 5) is 0. The molecule has 0 radical (unpaired) electrons. The fourth-order valence-electron chi connectivity index (χ4n) is 2.58. The van der Waals surface area contributed by atoms with Crippen molar-refractivity contribution in [3.05, 3.63) is 0 Å². The molecule has 0 aliphatic heterocycles. The van der Waals surface area contributed by atoms with Crippen LogP contribution in [0.4, 0.5) is 0 Å². The summed E-state index contributed by atoms with van der Waals surface area (Å²) < 4.78 is 2.22. The van der Waals surface area contributed by atoms with E-state index in [0.29, 0.717) is 0 Å². The molecule has 158 valence electrons. The topological polar surface area (TPSA) is 25.8 Å². The van der Waals surface area contributed by atoms with E-state index in [0.717, 1.165) is 20.5 Å². The van der Waals surface area contributed by atoms with Gasteiger partial charge in [-0.25, -0.2) is 0 Å². The Hall–Kier alpha value is 0.960. The first kappa shape index (κ1) is 26.0. The highest BCUT2D eigenvalue weighted by Gasteiger charge is 2.06. The Morgan fingerprint density at radius 1 is 0.630 bits per heavy atom. The lowest BCUT2D eigenvalue weighted by Gasteiger charge is -2.03. The van der Waals surface area contributed by atoms with Gasteiger partial charge in [-0.15, -0.1) is 10.2 Å². The van der Waals surface area contributed by atoms with Crippen LogP contribution in [0.15, 0.2) is 8.68 Å². The molecule has 0 unspecified atom stereocenters. The molecule has 0 fully saturated rings. The molecule has 1 aromatic rings. The van der Waals surface area contributed by atoms with Gasteiger partial charge in [-0.2, -0.15) is 0 Å². The third-order valence-corrected chi connectivity index (χ3v) is 10.6. The summed E-state index contributed by atoms with van der Waals surface area (Å²) in [6.45, 7) is 9.26. The Bertz CT molecular complexity index is 413. The SMILES string of the molecule is CC(C)CCCCCCSSc1nnc(SSCCCCCCC(C)C)s1. The van der Waals surface area contributed by atoms with Crippen molar-refractivity contribution < 1.29 is 0 Å². The third kappa shape index (κ3) is 16.4. The molecule has 7 heteroatoms. The van der Waals surface area contributed by atoms with Crippen molar-refractivity contribution in [2.24, 2.45) is 11.8 Å². The lowest BCUT2D eigenvalue weighted by molar-refractivity contribution is 0.525. The smallest absolute Gasteiger partial charge is 0.130 e. The Balaban J connectivity index is 1.93. The van der Waals surface area contributed by atoms with Crippen LogP contribution in [-0.2, 0) is 0 Å². The minimum Gasteiger partial charge on any atom is -0.130 e. The van der Waals surface area contributed by atoms with E-state index in [9.17, 15) is 0 Å². The van der Waals surface area contributed by atoms with Crippen molar-refractivity contribution in [2.45, 2.75) is 101 Å². The highest BCUT2D eigenvalue weighted by Crippen LogP contribution is 2.39. The van der Waals surface area contributed by atoms with Gasteiger partial charge in [0.05, 0.1) is 0 Å². The molecule has 2 nitrogen and oxygen atoms in total. The minimum absolute atomic E-state index is 0.854. The molecule has 0 N–H and O–H groups in total. The maximum atomic E-state index is 4.32. The zero-order valence-corrected chi connectivity index (χ0v) is 21.7. The largest absolute Gasteiger partial charge is 0.185 e. The van der Waals surface area contributed by atoms with Gasteiger partial charge in [-0.1, -0.05) is 112 Å². The zero-order valence-electron chi connectivity index (χ0n) is 17.6. The molecular weight excluding hydrogens is 429 g/mol. The van der Waals surface area contributed by atoms with Gasteiger partial charge in [0.25, 0.3) is 0 Å². The highest BCUT2D eigenvalue weighted by molar-refractivity contribution is 8.77. The highest BCUT2D eigenvalue weighted by atomic mass is 33.1. The molecular formula is C20H38N2S5. The number of aromatic nitrogens is 2. The molecule has 1 heterocycles. The average Bonchev–Trinajstić information content (AvgIpc) is 3.06. The molecule has 0 aliphatic rings. The Labute approximate surface area is 187 Å². The standard InChI is InChI=1S/C20H38N2S5/c1-17(2)13-9-5-7-11-15-23-26-19-21-22-20(25-19)27-24-16-12-8-6-10-14-18(3)4/h17-18H,5-16H2,1-4H3. The molecule has 1 rings (SSSR count). The van der Waals surface area contributed by atoms with E-state index in [1.54, 1.807) is 32.9 Å². The van der Waals surface area contributed by atoms with E-state index in [2.05, 4.69) is 37.9 Å². The van der Waals surface area contributed by atoms with Crippen molar-refractivity contribution in [3.8, 4) is 0 Å². The monoisotopic (exact) mass is 466 g/mol. The van der Waals surface area contributed by atoms with Crippen LogP contribution < -0.4 is 0 Å². The first-order valence-corrected chi connectivity index (χ1v) is 16.0. The Morgan fingerprint density at radius 2 is 1.04 bits per heavy atom. The molecule has 0 aromatic carbocycles. The van der Waals surface area contributed by atoms with Crippen LogP contribution >= 0.6 is 54.5 Å². The van der Waals surface area contributed by atoms with Crippen molar-refractivity contribution in [2.75, 3.05) is 11.5 Å². The van der Waals surface area contributed by atoms with Crippen molar-refractivity contribution in [3.63, 3.8) is 0 Å². The summed E-state index contributed by atoms with van der Waals surface area (Å²) in [5, 5.41) is 8.63. The van der Waals surface area contributed by atoms with Gasteiger partial charge >= 0.3 is 0 Å². The number of hydrogen-bond acceptors (Lipinski definition) is 7. The van der Waals surface area contributed by atoms with Crippen LogP contribution in [0.1, 0.15) is 91.9 Å². The molecule has 0 amide bonds. The van der Waals surface area contributed by atoms with Crippen molar-refractivity contribution in [1.29, 1.82) is 0 Å². The molecule has 0 spiro atoms. The molecule has 0 atom stereocenters. The Kier molecular flexibility index (Phi) is 17.1. The van der Waals surface area contributed by atoms with Crippen molar-refractivity contribution in [1.82, 2.24) is 10.2 Å². The summed E-state index contributed by atoms with van der Waals surface area (Å²) >= 11 is 1.75. The maximum absolute atomic E-state index is 4.32. The quantitative estimate of drug-likeness (QED) is 0.158. The zero-order chi connectivity index (χ0) is 19.7. The molecule has 27 heavy (non-hydrogen) atoms.